The number of hydrogen-bond donors (Lipinski definition) is 0. The fourth-order valence-corrected chi connectivity index (χ4v) is 0. The predicted octanol–water partition coefficient (Wildman–Crippen LogP) is -3.51. The summed E-state index contributed by atoms with van der Waals surface area (Å²) in [5.74, 6) is 0. The standard InChI is InChI=1S/Al.Ba.FH.La.Na.Pb.Zr.8H/h;;1H;;;;;;;;;;;;. The van der Waals surface area contributed by atoms with E-state index in [2.05, 4.69) is 0 Å². The Morgan fingerprint density at radius 1 is 1.00 bits per heavy atom. The molecule has 33 valence electrons. The Hall–Kier alpha value is 6.03. The van der Waals surface area contributed by atoms with Crippen LogP contribution in [0.4, 0.5) is 4.70 Å². The molecule has 0 bridgehead atoms. The van der Waals surface area contributed by atoms with Gasteiger partial charge in [-0.1, -0.05) is 0 Å². The van der Waals surface area contributed by atoms with E-state index in [4.69, 9.17) is 0 Å². The van der Waals surface area contributed by atoms with Crippen LogP contribution in [-0.4, -0.2) is 123 Å². The second-order valence-electron chi connectivity index (χ2n) is 0. The second-order valence-corrected chi connectivity index (χ2v) is 0. The third kappa shape index (κ3) is 33.3. The first-order chi connectivity index (χ1) is 0. The maximum Gasteiger partial charge on any atom is 0 e. The van der Waals surface area contributed by atoms with Gasteiger partial charge in [-0.05, 0) is 0 Å². The minimum atomic E-state index is 0. The third-order valence-corrected chi connectivity index (χ3v) is 0. The van der Waals surface area contributed by atoms with Crippen molar-refractivity contribution in [3.63, 3.8) is 0 Å². The first kappa shape index (κ1) is 51.8. The van der Waals surface area contributed by atoms with Gasteiger partial charge in [0.15, 0.2) is 17.4 Å². The molecule has 0 saturated carbocycles. The van der Waals surface area contributed by atoms with E-state index in [1.165, 1.54) is 0 Å². The predicted molar refractivity (Wildman–Crippen MR) is 36.7 cm³/mol. The SMILES string of the molecule is F.[AlH3].[BaH2].[La].[NaH].[PbH2].[Zr]. The molecule has 0 spiro atoms. The molecule has 0 aliphatic heterocycles. The van der Waals surface area contributed by atoms with Crippen LogP contribution in [0.25, 0.3) is 0 Å². The Kier molecular flexibility index (Phi) is 298. The molecule has 7 heavy (non-hydrogen) atoms. The zero-order valence-electron chi connectivity index (χ0n) is 2.19. The van der Waals surface area contributed by atoms with Gasteiger partial charge in [-0.15, -0.1) is 0 Å². The van der Waals surface area contributed by atoms with Crippen molar-refractivity contribution in [2.45, 2.75) is 0 Å². The van der Waals surface area contributed by atoms with Gasteiger partial charge in [0.1, 0.15) is 0 Å². The summed E-state index contributed by atoms with van der Waals surface area (Å²) >= 11 is 0. The van der Waals surface area contributed by atoms with Gasteiger partial charge in [-0.3, -0.25) is 4.70 Å². The largest absolute Gasteiger partial charge is 0 e. The van der Waals surface area contributed by atoms with Crippen LogP contribution in [0, 0.1) is 35.6 Å². The topological polar surface area (TPSA) is 0 Å². The summed E-state index contributed by atoms with van der Waals surface area (Å²) in [5, 5.41) is 0. The molecule has 0 amide bonds. The molecule has 0 N–H and O–H groups in total. The summed E-state index contributed by atoms with van der Waals surface area (Å²) in [7, 11) is 0. The minimum absolute atomic E-state index is 0. The summed E-state index contributed by atoms with van der Waals surface area (Å²) in [5.41, 5.74) is 0. The smallest absolute Gasteiger partial charge is 0 e. The molecule has 7 heteroatoms. The molecule has 0 atom stereocenters. The van der Waals surface area contributed by atoms with Crippen molar-refractivity contribution in [3.05, 3.63) is 0 Å². The number of halogens is 1. The van der Waals surface area contributed by atoms with Gasteiger partial charge in [0, 0.05) is 61.8 Å². The average molecular weight is 653 g/mol. The van der Waals surface area contributed by atoms with Crippen LogP contribution >= 0.6 is 0 Å². The van der Waals surface area contributed by atoms with Crippen LogP contribution in [0.5, 0.6) is 0 Å². The van der Waals surface area contributed by atoms with E-state index in [-0.39, 0.29) is 190 Å². The second kappa shape index (κ2) is 40.2. The van der Waals surface area contributed by atoms with Gasteiger partial charge in [0.2, 0.25) is 0 Å². The molecule has 0 aromatic carbocycles. The van der Waals surface area contributed by atoms with Crippen LogP contribution in [0.1, 0.15) is 0 Å². The number of rotatable bonds is 0. The molecular weight excluding hydrogens is 644 g/mol. The van der Waals surface area contributed by atoms with E-state index in [1.807, 2.05) is 0 Å². The molecule has 0 aromatic heterocycles. The molecule has 0 aliphatic carbocycles. The van der Waals surface area contributed by atoms with Gasteiger partial charge < -0.3 is 0 Å². The molecular formula is H9AlBaFLaNaPbZr. The first-order valence-corrected chi connectivity index (χ1v) is 0. The summed E-state index contributed by atoms with van der Waals surface area (Å²) < 4.78 is 0. The fraction of sp³-hybridized carbons (Fsp3) is 0. The van der Waals surface area contributed by atoms with E-state index >= 15 is 0 Å². The molecule has 0 fully saturated rings. The Morgan fingerprint density at radius 3 is 1.00 bits per heavy atom. The van der Waals surface area contributed by atoms with E-state index in [0.717, 1.165) is 0 Å². The maximum atomic E-state index is 0. The van der Waals surface area contributed by atoms with Gasteiger partial charge in [0.05, 0.1) is 0 Å². The zero-order chi connectivity index (χ0) is 0. The summed E-state index contributed by atoms with van der Waals surface area (Å²) in [6, 6.07) is 0. The van der Waals surface area contributed by atoms with Crippen molar-refractivity contribution in [1.82, 2.24) is 0 Å². The van der Waals surface area contributed by atoms with E-state index in [9.17, 15) is 0 Å². The molecule has 0 aliphatic rings. The molecule has 0 nitrogen and oxygen atoms in total. The van der Waals surface area contributed by atoms with Crippen molar-refractivity contribution < 1.29 is 66.5 Å². The zero-order valence-corrected chi connectivity index (χ0v) is 13.8. The molecule has 0 unspecified atom stereocenters. The third-order valence-electron chi connectivity index (χ3n) is 0. The van der Waals surface area contributed by atoms with Crippen molar-refractivity contribution >= 4 is 123 Å². The molecule has 0 aromatic rings. The van der Waals surface area contributed by atoms with Crippen LogP contribution in [0.15, 0.2) is 0 Å². The quantitative estimate of drug-likeness (QED) is 0.239. The van der Waals surface area contributed by atoms with Gasteiger partial charge in [0.25, 0.3) is 0 Å². The molecule has 0 rings (SSSR count). The summed E-state index contributed by atoms with van der Waals surface area (Å²) in [4.78, 5) is 0. The fourth-order valence-electron chi connectivity index (χ4n) is 0. The molecule has 3 radical (unpaired) electrons. The minimum Gasteiger partial charge on any atom is 0 e. The Labute approximate surface area is 184 Å². The van der Waals surface area contributed by atoms with Crippen LogP contribution in [-0.2, 0) is 26.2 Å². The van der Waals surface area contributed by atoms with Gasteiger partial charge in [-0.2, -0.15) is 0 Å². The maximum absolute atomic E-state index is 0. The Balaban J connectivity index is 0. The average Bonchev–Trinajstić information content (AvgIpc) is 0. The summed E-state index contributed by atoms with van der Waals surface area (Å²) in [6.45, 7) is 0. The van der Waals surface area contributed by atoms with Crippen molar-refractivity contribution in [2.24, 2.45) is 0 Å². The van der Waals surface area contributed by atoms with Gasteiger partial charge in [-0.25, -0.2) is 0 Å². The molecule has 0 saturated heterocycles. The van der Waals surface area contributed by atoms with Crippen molar-refractivity contribution in [1.29, 1.82) is 0 Å². The number of hydrogen-bond acceptors (Lipinski definition) is 0. The van der Waals surface area contributed by atoms with Crippen LogP contribution in [0.3, 0.4) is 0 Å². The van der Waals surface area contributed by atoms with Crippen LogP contribution in [0.2, 0.25) is 0 Å². The van der Waals surface area contributed by atoms with Crippen LogP contribution < -0.4 is 0 Å². The van der Waals surface area contributed by atoms with E-state index < -0.39 is 0 Å². The summed E-state index contributed by atoms with van der Waals surface area (Å²) in [6.07, 6.45) is 0. The Morgan fingerprint density at radius 2 is 1.00 bits per heavy atom. The normalized spacial score (nSPS) is 0. The molecule has 0 heterocycles. The van der Waals surface area contributed by atoms with Crippen molar-refractivity contribution in [2.75, 3.05) is 0 Å². The Bertz CT molecular complexity index is 19.7. The monoisotopic (exact) mass is 653 g/mol. The van der Waals surface area contributed by atoms with Crippen molar-refractivity contribution in [3.8, 4) is 0 Å². The van der Waals surface area contributed by atoms with E-state index in [1.54, 1.807) is 0 Å². The van der Waals surface area contributed by atoms with E-state index in [0.29, 0.717) is 0 Å². The first-order valence-electron chi connectivity index (χ1n) is 0. The van der Waals surface area contributed by atoms with Gasteiger partial charge >= 0.3 is 106 Å².